The fourth-order valence-corrected chi connectivity index (χ4v) is 3.78. The highest BCUT2D eigenvalue weighted by Gasteiger charge is 2.20. The van der Waals surface area contributed by atoms with Crippen molar-refractivity contribution in [3.05, 3.63) is 61.2 Å². The summed E-state index contributed by atoms with van der Waals surface area (Å²) in [6.45, 7) is 3.65. The van der Waals surface area contributed by atoms with Gasteiger partial charge >= 0.3 is 0 Å². The summed E-state index contributed by atoms with van der Waals surface area (Å²) in [4.78, 5) is 13.8. The molecule has 4 aromatic rings. The van der Waals surface area contributed by atoms with Crippen LogP contribution in [0.2, 0.25) is 0 Å². The number of aromatic nitrogens is 4. The summed E-state index contributed by atoms with van der Waals surface area (Å²) in [6, 6.07) is 14.3. The second-order valence-corrected chi connectivity index (χ2v) is 6.99. The van der Waals surface area contributed by atoms with Crippen molar-refractivity contribution in [2.45, 2.75) is 0 Å². The van der Waals surface area contributed by atoms with Crippen LogP contribution in [0.4, 0.5) is 17.2 Å². The van der Waals surface area contributed by atoms with Crippen LogP contribution in [0, 0.1) is 0 Å². The summed E-state index contributed by atoms with van der Waals surface area (Å²) in [5, 5.41) is 7.99. The first kappa shape index (κ1) is 16.6. The van der Waals surface area contributed by atoms with E-state index < -0.39 is 0 Å². The standard InChI is InChI=1S/C21H21N7/c22-17-2-1-3-18(11-17)27-6-8-28(9-7-27)21-19-10-15(16-12-25-26-13-16)4-5-20(19)23-14-24-21/h1-5,10-14H,6-9,22H2,(H,25,26). The summed E-state index contributed by atoms with van der Waals surface area (Å²) in [5.41, 5.74) is 11.0. The van der Waals surface area contributed by atoms with E-state index in [2.05, 4.69) is 48.2 Å². The van der Waals surface area contributed by atoms with Gasteiger partial charge in [0.1, 0.15) is 12.1 Å². The minimum Gasteiger partial charge on any atom is -0.399 e. The third kappa shape index (κ3) is 3.00. The number of nitrogens with one attached hydrogen (secondary N) is 1. The Hall–Kier alpha value is -3.61. The molecule has 0 atom stereocenters. The molecule has 140 valence electrons. The number of hydrogen-bond acceptors (Lipinski definition) is 6. The van der Waals surface area contributed by atoms with Crippen LogP contribution < -0.4 is 15.5 Å². The van der Waals surface area contributed by atoms with Gasteiger partial charge in [-0.25, -0.2) is 9.97 Å². The van der Waals surface area contributed by atoms with Crippen LogP contribution in [0.5, 0.6) is 0 Å². The van der Waals surface area contributed by atoms with Crippen molar-refractivity contribution in [3.63, 3.8) is 0 Å². The van der Waals surface area contributed by atoms with Crippen LogP contribution in [0.25, 0.3) is 22.0 Å². The van der Waals surface area contributed by atoms with Gasteiger partial charge in [0.25, 0.3) is 0 Å². The van der Waals surface area contributed by atoms with Gasteiger partial charge in [-0.1, -0.05) is 12.1 Å². The van der Waals surface area contributed by atoms with Gasteiger partial charge < -0.3 is 15.5 Å². The lowest BCUT2D eigenvalue weighted by Crippen LogP contribution is -2.46. The van der Waals surface area contributed by atoms with E-state index in [1.165, 1.54) is 5.69 Å². The maximum absolute atomic E-state index is 5.94. The summed E-state index contributed by atoms with van der Waals surface area (Å²) < 4.78 is 0. The zero-order chi connectivity index (χ0) is 18.9. The number of benzene rings is 2. The number of fused-ring (bicyclic) bond motifs is 1. The molecule has 2 aromatic carbocycles. The van der Waals surface area contributed by atoms with Gasteiger partial charge in [-0.05, 0) is 35.9 Å². The van der Waals surface area contributed by atoms with Crippen molar-refractivity contribution >= 4 is 28.1 Å². The van der Waals surface area contributed by atoms with Gasteiger partial charge in [-0.3, -0.25) is 5.10 Å². The Morgan fingerprint density at radius 1 is 0.893 bits per heavy atom. The molecule has 0 bridgehead atoms. The quantitative estimate of drug-likeness (QED) is 0.539. The second kappa shape index (κ2) is 6.84. The lowest BCUT2D eigenvalue weighted by Gasteiger charge is -2.37. The number of aromatic amines is 1. The van der Waals surface area contributed by atoms with Gasteiger partial charge in [0, 0.05) is 54.7 Å². The molecule has 7 heteroatoms. The Morgan fingerprint density at radius 2 is 1.75 bits per heavy atom. The first-order valence-corrected chi connectivity index (χ1v) is 9.37. The third-order valence-corrected chi connectivity index (χ3v) is 5.26. The van der Waals surface area contributed by atoms with Crippen LogP contribution >= 0.6 is 0 Å². The summed E-state index contributed by atoms with van der Waals surface area (Å²) in [5.74, 6) is 0.988. The van der Waals surface area contributed by atoms with E-state index in [9.17, 15) is 0 Å². The number of nitrogen functional groups attached to an aromatic ring is 1. The fourth-order valence-electron chi connectivity index (χ4n) is 3.78. The van der Waals surface area contributed by atoms with E-state index in [0.717, 1.165) is 59.7 Å². The molecule has 3 heterocycles. The zero-order valence-corrected chi connectivity index (χ0v) is 15.4. The predicted molar refractivity (Wildman–Crippen MR) is 112 cm³/mol. The van der Waals surface area contributed by atoms with Gasteiger partial charge in [0.2, 0.25) is 0 Å². The van der Waals surface area contributed by atoms with Crippen molar-refractivity contribution in [1.29, 1.82) is 0 Å². The largest absolute Gasteiger partial charge is 0.399 e. The highest BCUT2D eigenvalue weighted by Crippen LogP contribution is 2.29. The summed E-state index contributed by atoms with van der Waals surface area (Å²) >= 11 is 0. The first-order valence-electron chi connectivity index (χ1n) is 9.37. The van der Waals surface area contributed by atoms with Crippen molar-refractivity contribution in [2.24, 2.45) is 0 Å². The Bertz CT molecular complexity index is 1100. The molecule has 0 spiro atoms. The summed E-state index contributed by atoms with van der Waals surface area (Å²) in [7, 11) is 0. The van der Waals surface area contributed by atoms with Crippen LogP contribution in [-0.2, 0) is 0 Å². The van der Waals surface area contributed by atoms with E-state index in [1.807, 2.05) is 36.7 Å². The molecule has 3 N–H and O–H groups in total. The maximum Gasteiger partial charge on any atom is 0.140 e. The van der Waals surface area contributed by atoms with Crippen LogP contribution in [0.1, 0.15) is 0 Å². The Morgan fingerprint density at radius 3 is 2.54 bits per heavy atom. The smallest absolute Gasteiger partial charge is 0.140 e. The van der Waals surface area contributed by atoms with Crippen LogP contribution in [0.3, 0.4) is 0 Å². The molecule has 28 heavy (non-hydrogen) atoms. The molecule has 1 fully saturated rings. The van der Waals surface area contributed by atoms with E-state index in [1.54, 1.807) is 6.33 Å². The Labute approximate surface area is 162 Å². The molecule has 0 saturated carbocycles. The van der Waals surface area contributed by atoms with E-state index in [-0.39, 0.29) is 0 Å². The van der Waals surface area contributed by atoms with Gasteiger partial charge in [0.15, 0.2) is 0 Å². The number of anilines is 3. The van der Waals surface area contributed by atoms with E-state index in [4.69, 9.17) is 5.73 Å². The molecule has 0 amide bonds. The average Bonchev–Trinajstić information content (AvgIpc) is 3.28. The first-order chi connectivity index (χ1) is 13.8. The SMILES string of the molecule is Nc1cccc(N2CCN(c3ncnc4ccc(-c5cn[nH]c5)cc34)CC2)c1. The van der Waals surface area contributed by atoms with Crippen molar-refractivity contribution in [1.82, 2.24) is 20.2 Å². The number of piperazine rings is 1. The lowest BCUT2D eigenvalue weighted by molar-refractivity contribution is 0.649. The van der Waals surface area contributed by atoms with Crippen LogP contribution in [0.15, 0.2) is 61.2 Å². The maximum atomic E-state index is 5.94. The number of hydrogen-bond donors (Lipinski definition) is 2. The molecular weight excluding hydrogens is 350 g/mol. The monoisotopic (exact) mass is 371 g/mol. The minimum absolute atomic E-state index is 0.800. The molecular formula is C21H21N7. The molecule has 0 aliphatic carbocycles. The molecule has 0 unspecified atom stereocenters. The molecule has 0 radical (unpaired) electrons. The topological polar surface area (TPSA) is 87.0 Å². The Balaban J connectivity index is 1.43. The van der Waals surface area contributed by atoms with Crippen LogP contribution in [-0.4, -0.2) is 46.3 Å². The fraction of sp³-hybridized carbons (Fsp3) is 0.190. The highest BCUT2D eigenvalue weighted by molar-refractivity contribution is 5.92. The van der Waals surface area contributed by atoms with Crippen molar-refractivity contribution in [2.75, 3.05) is 41.7 Å². The molecule has 1 aliphatic rings. The number of nitrogens with zero attached hydrogens (tertiary/aromatic N) is 5. The van der Waals surface area contributed by atoms with Crippen molar-refractivity contribution in [3.8, 4) is 11.1 Å². The third-order valence-electron chi connectivity index (χ3n) is 5.26. The summed E-state index contributed by atoms with van der Waals surface area (Å²) in [6.07, 6.45) is 5.38. The van der Waals surface area contributed by atoms with E-state index >= 15 is 0 Å². The number of H-pyrrole nitrogens is 1. The molecule has 5 rings (SSSR count). The van der Waals surface area contributed by atoms with Crippen molar-refractivity contribution < 1.29 is 0 Å². The zero-order valence-electron chi connectivity index (χ0n) is 15.4. The van der Waals surface area contributed by atoms with Gasteiger partial charge in [0.05, 0.1) is 11.7 Å². The number of rotatable bonds is 3. The molecule has 1 saturated heterocycles. The second-order valence-electron chi connectivity index (χ2n) is 6.99. The normalized spacial score (nSPS) is 14.6. The number of nitrogens with two attached hydrogens (primary N) is 1. The highest BCUT2D eigenvalue weighted by atomic mass is 15.3. The molecule has 2 aromatic heterocycles. The molecule has 1 aliphatic heterocycles. The Kier molecular flexibility index (Phi) is 4.05. The predicted octanol–water partition coefficient (Wildman–Crippen LogP) is 2.93. The lowest BCUT2D eigenvalue weighted by atomic mass is 10.1. The minimum atomic E-state index is 0.800. The van der Waals surface area contributed by atoms with E-state index in [0.29, 0.717) is 0 Å². The van der Waals surface area contributed by atoms with Gasteiger partial charge in [-0.15, -0.1) is 0 Å². The average molecular weight is 371 g/mol. The molecule has 7 nitrogen and oxygen atoms in total. The van der Waals surface area contributed by atoms with Gasteiger partial charge in [-0.2, -0.15) is 5.10 Å².